The molecule has 0 aromatic heterocycles. The van der Waals surface area contributed by atoms with Crippen LogP contribution in [0.3, 0.4) is 0 Å². The molecule has 0 spiro atoms. The Morgan fingerprint density at radius 3 is 3.00 bits per heavy atom. The van der Waals surface area contributed by atoms with Crippen molar-refractivity contribution in [2.75, 3.05) is 33.3 Å². The summed E-state index contributed by atoms with van der Waals surface area (Å²) in [6.07, 6.45) is 0.268. The van der Waals surface area contributed by atoms with E-state index in [0.29, 0.717) is 0 Å². The highest BCUT2D eigenvalue weighted by atomic mass is 16.5. The molecule has 3 heteroatoms. The SMILES string of the molecule is CCN(C)CC1NCCO1. The summed E-state index contributed by atoms with van der Waals surface area (Å²) in [7, 11) is 2.10. The molecule has 1 fully saturated rings. The number of likely N-dealkylation sites (N-methyl/N-ethyl adjacent to an activating group) is 1. The lowest BCUT2D eigenvalue weighted by atomic mass is 10.5. The van der Waals surface area contributed by atoms with Gasteiger partial charge in [-0.3, -0.25) is 5.32 Å². The summed E-state index contributed by atoms with van der Waals surface area (Å²) in [5.74, 6) is 0. The van der Waals surface area contributed by atoms with Gasteiger partial charge in [-0.05, 0) is 13.6 Å². The number of nitrogens with one attached hydrogen (secondary N) is 1. The molecule has 1 atom stereocenters. The fourth-order valence-electron chi connectivity index (χ4n) is 1.01. The minimum atomic E-state index is 0.268. The third-order valence-electron chi connectivity index (χ3n) is 1.81. The van der Waals surface area contributed by atoms with Crippen molar-refractivity contribution in [2.24, 2.45) is 0 Å². The Morgan fingerprint density at radius 1 is 1.70 bits per heavy atom. The number of nitrogens with zero attached hydrogens (tertiary/aromatic N) is 1. The summed E-state index contributed by atoms with van der Waals surface area (Å²) in [6, 6.07) is 0. The Balaban J connectivity index is 2.11. The van der Waals surface area contributed by atoms with Gasteiger partial charge in [-0.2, -0.15) is 0 Å². The highest BCUT2D eigenvalue weighted by Gasteiger charge is 2.14. The molecular formula is C7H16N2O. The van der Waals surface area contributed by atoms with Gasteiger partial charge in [-0.1, -0.05) is 6.92 Å². The largest absolute Gasteiger partial charge is 0.361 e. The van der Waals surface area contributed by atoms with Crippen molar-refractivity contribution in [3.05, 3.63) is 0 Å². The number of hydrogen-bond acceptors (Lipinski definition) is 3. The summed E-state index contributed by atoms with van der Waals surface area (Å²) in [4.78, 5) is 2.24. The van der Waals surface area contributed by atoms with E-state index in [1.165, 1.54) is 0 Å². The van der Waals surface area contributed by atoms with E-state index in [-0.39, 0.29) is 6.23 Å². The lowest BCUT2D eigenvalue weighted by Crippen LogP contribution is -2.35. The zero-order valence-corrected chi connectivity index (χ0v) is 6.76. The fourth-order valence-corrected chi connectivity index (χ4v) is 1.01. The van der Waals surface area contributed by atoms with Gasteiger partial charge in [0.25, 0.3) is 0 Å². The van der Waals surface area contributed by atoms with Crippen LogP contribution in [0.4, 0.5) is 0 Å². The quantitative estimate of drug-likeness (QED) is 0.598. The van der Waals surface area contributed by atoms with Crippen LogP contribution in [0.25, 0.3) is 0 Å². The minimum Gasteiger partial charge on any atom is -0.361 e. The second-order valence-corrected chi connectivity index (χ2v) is 2.67. The van der Waals surface area contributed by atoms with Crippen molar-refractivity contribution in [3.63, 3.8) is 0 Å². The third kappa shape index (κ3) is 2.25. The topological polar surface area (TPSA) is 24.5 Å². The number of ether oxygens (including phenoxy) is 1. The molecular weight excluding hydrogens is 128 g/mol. The molecule has 1 aliphatic rings. The van der Waals surface area contributed by atoms with Crippen LogP contribution in [-0.2, 0) is 4.74 Å². The van der Waals surface area contributed by atoms with Crippen LogP contribution in [0.2, 0.25) is 0 Å². The first kappa shape index (κ1) is 7.98. The second-order valence-electron chi connectivity index (χ2n) is 2.67. The average molecular weight is 144 g/mol. The van der Waals surface area contributed by atoms with Crippen molar-refractivity contribution in [2.45, 2.75) is 13.2 Å². The van der Waals surface area contributed by atoms with Crippen LogP contribution in [0.1, 0.15) is 6.92 Å². The molecule has 0 radical (unpaired) electrons. The van der Waals surface area contributed by atoms with E-state index < -0.39 is 0 Å². The Morgan fingerprint density at radius 2 is 2.50 bits per heavy atom. The van der Waals surface area contributed by atoms with E-state index in [2.05, 4.69) is 24.2 Å². The Labute approximate surface area is 62.3 Å². The second kappa shape index (κ2) is 3.91. The van der Waals surface area contributed by atoms with Gasteiger partial charge in [0, 0.05) is 13.1 Å². The van der Waals surface area contributed by atoms with Gasteiger partial charge in [-0.15, -0.1) is 0 Å². The van der Waals surface area contributed by atoms with E-state index in [0.717, 1.165) is 26.2 Å². The van der Waals surface area contributed by atoms with Gasteiger partial charge in [-0.25, -0.2) is 0 Å². The van der Waals surface area contributed by atoms with E-state index >= 15 is 0 Å². The molecule has 1 unspecified atom stereocenters. The van der Waals surface area contributed by atoms with Gasteiger partial charge >= 0.3 is 0 Å². The predicted molar refractivity (Wildman–Crippen MR) is 40.9 cm³/mol. The predicted octanol–water partition coefficient (Wildman–Crippen LogP) is -0.116. The smallest absolute Gasteiger partial charge is 0.121 e. The molecule has 0 saturated carbocycles. The molecule has 1 rings (SSSR count). The molecule has 3 nitrogen and oxygen atoms in total. The van der Waals surface area contributed by atoms with Gasteiger partial charge in [0.1, 0.15) is 6.23 Å². The fraction of sp³-hybridized carbons (Fsp3) is 1.00. The monoisotopic (exact) mass is 144 g/mol. The standard InChI is InChI=1S/C7H16N2O/c1-3-9(2)6-7-8-4-5-10-7/h7-8H,3-6H2,1-2H3. The lowest BCUT2D eigenvalue weighted by Gasteiger charge is -2.18. The van der Waals surface area contributed by atoms with E-state index in [4.69, 9.17) is 4.74 Å². The summed E-state index contributed by atoms with van der Waals surface area (Å²) in [6.45, 7) is 6.09. The summed E-state index contributed by atoms with van der Waals surface area (Å²) in [5.41, 5.74) is 0. The molecule has 1 heterocycles. The number of rotatable bonds is 3. The van der Waals surface area contributed by atoms with Crippen LogP contribution in [0.5, 0.6) is 0 Å². The maximum absolute atomic E-state index is 5.37. The Bertz CT molecular complexity index is 91.6. The molecule has 0 amide bonds. The molecule has 0 aromatic carbocycles. The zero-order valence-electron chi connectivity index (χ0n) is 6.76. The Kier molecular flexibility index (Phi) is 3.12. The van der Waals surface area contributed by atoms with Gasteiger partial charge in [0.15, 0.2) is 0 Å². The van der Waals surface area contributed by atoms with Crippen molar-refractivity contribution < 1.29 is 4.74 Å². The Hall–Kier alpha value is -0.120. The van der Waals surface area contributed by atoms with Crippen LogP contribution >= 0.6 is 0 Å². The van der Waals surface area contributed by atoms with Crippen molar-refractivity contribution >= 4 is 0 Å². The van der Waals surface area contributed by atoms with Crippen LogP contribution in [-0.4, -0.2) is 44.4 Å². The van der Waals surface area contributed by atoms with Gasteiger partial charge < -0.3 is 9.64 Å². The molecule has 10 heavy (non-hydrogen) atoms. The summed E-state index contributed by atoms with van der Waals surface area (Å²) >= 11 is 0. The van der Waals surface area contributed by atoms with Gasteiger partial charge in [0.2, 0.25) is 0 Å². The lowest BCUT2D eigenvalue weighted by molar-refractivity contribution is 0.0730. The molecule has 1 saturated heterocycles. The van der Waals surface area contributed by atoms with E-state index in [9.17, 15) is 0 Å². The third-order valence-corrected chi connectivity index (χ3v) is 1.81. The average Bonchev–Trinajstić information content (AvgIpc) is 2.40. The minimum absolute atomic E-state index is 0.268. The van der Waals surface area contributed by atoms with E-state index in [1.807, 2.05) is 0 Å². The normalized spacial score (nSPS) is 26.1. The summed E-state index contributed by atoms with van der Waals surface area (Å²) < 4.78 is 5.37. The van der Waals surface area contributed by atoms with Crippen molar-refractivity contribution in [3.8, 4) is 0 Å². The first-order valence-corrected chi connectivity index (χ1v) is 3.86. The first-order chi connectivity index (χ1) is 4.83. The van der Waals surface area contributed by atoms with Crippen LogP contribution in [0.15, 0.2) is 0 Å². The highest BCUT2D eigenvalue weighted by Crippen LogP contribution is 1.96. The van der Waals surface area contributed by atoms with E-state index in [1.54, 1.807) is 0 Å². The molecule has 0 aliphatic carbocycles. The zero-order chi connectivity index (χ0) is 7.40. The number of hydrogen-bond donors (Lipinski definition) is 1. The van der Waals surface area contributed by atoms with Crippen LogP contribution < -0.4 is 5.32 Å². The molecule has 0 bridgehead atoms. The molecule has 1 N–H and O–H groups in total. The summed E-state index contributed by atoms with van der Waals surface area (Å²) in [5, 5.41) is 3.26. The van der Waals surface area contributed by atoms with Crippen molar-refractivity contribution in [1.29, 1.82) is 0 Å². The first-order valence-electron chi connectivity index (χ1n) is 3.86. The maximum Gasteiger partial charge on any atom is 0.121 e. The van der Waals surface area contributed by atoms with Crippen LogP contribution in [0, 0.1) is 0 Å². The van der Waals surface area contributed by atoms with Gasteiger partial charge in [0.05, 0.1) is 6.61 Å². The molecule has 1 aliphatic heterocycles. The maximum atomic E-state index is 5.37. The van der Waals surface area contributed by atoms with Crippen molar-refractivity contribution in [1.82, 2.24) is 10.2 Å². The highest BCUT2D eigenvalue weighted by molar-refractivity contribution is 4.65. The molecule has 60 valence electrons. The molecule has 0 aromatic rings.